The number of esters is 1. The number of rotatable bonds is 3. The van der Waals surface area contributed by atoms with E-state index in [0.29, 0.717) is 11.6 Å². The standard InChI is InChI=1S/C14H16N2O2/c1-10(2)16-9-15-8-13(16)11-5-4-6-12(7-11)14(17)18-3/h4-10H,1-3H3. The summed E-state index contributed by atoms with van der Waals surface area (Å²) in [5.74, 6) is -0.326. The van der Waals surface area contributed by atoms with Crippen molar-refractivity contribution in [3.8, 4) is 11.3 Å². The number of benzene rings is 1. The Labute approximate surface area is 106 Å². The molecule has 0 radical (unpaired) electrons. The lowest BCUT2D eigenvalue weighted by Crippen LogP contribution is -2.03. The third-order valence-electron chi connectivity index (χ3n) is 2.80. The Bertz CT molecular complexity index is 558. The molecule has 0 spiro atoms. The van der Waals surface area contributed by atoms with Gasteiger partial charge in [0.1, 0.15) is 0 Å². The van der Waals surface area contributed by atoms with Crippen molar-refractivity contribution < 1.29 is 9.53 Å². The fourth-order valence-corrected chi connectivity index (χ4v) is 1.86. The Morgan fingerprint density at radius 3 is 2.83 bits per heavy atom. The molecule has 0 saturated heterocycles. The van der Waals surface area contributed by atoms with E-state index in [1.165, 1.54) is 7.11 Å². The van der Waals surface area contributed by atoms with E-state index in [1.54, 1.807) is 18.6 Å². The van der Waals surface area contributed by atoms with Gasteiger partial charge in [-0.1, -0.05) is 12.1 Å². The second-order valence-electron chi connectivity index (χ2n) is 4.35. The van der Waals surface area contributed by atoms with Crippen LogP contribution in [-0.2, 0) is 4.74 Å². The number of nitrogens with zero attached hydrogens (tertiary/aromatic N) is 2. The monoisotopic (exact) mass is 244 g/mol. The first-order valence-corrected chi connectivity index (χ1v) is 5.84. The van der Waals surface area contributed by atoms with E-state index in [4.69, 9.17) is 4.74 Å². The summed E-state index contributed by atoms with van der Waals surface area (Å²) in [5, 5.41) is 0. The first kappa shape index (κ1) is 12.4. The van der Waals surface area contributed by atoms with E-state index in [2.05, 4.69) is 23.4 Å². The molecular weight excluding hydrogens is 228 g/mol. The van der Waals surface area contributed by atoms with E-state index in [0.717, 1.165) is 11.3 Å². The van der Waals surface area contributed by atoms with Crippen LogP contribution in [-0.4, -0.2) is 22.6 Å². The molecule has 2 aromatic rings. The molecule has 1 aromatic carbocycles. The molecule has 94 valence electrons. The number of methoxy groups -OCH3 is 1. The smallest absolute Gasteiger partial charge is 0.337 e. The molecule has 0 N–H and O–H groups in total. The Kier molecular flexibility index (Phi) is 3.46. The molecule has 0 atom stereocenters. The molecule has 0 unspecified atom stereocenters. The molecule has 0 aliphatic rings. The minimum Gasteiger partial charge on any atom is -0.465 e. The number of hydrogen-bond donors (Lipinski definition) is 0. The fraction of sp³-hybridized carbons (Fsp3) is 0.286. The first-order valence-electron chi connectivity index (χ1n) is 5.84. The lowest BCUT2D eigenvalue weighted by Gasteiger charge is -2.12. The van der Waals surface area contributed by atoms with Crippen LogP contribution in [0.1, 0.15) is 30.2 Å². The molecule has 0 bridgehead atoms. The molecule has 1 heterocycles. The normalized spacial score (nSPS) is 10.7. The predicted molar refractivity (Wildman–Crippen MR) is 69.4 cm³/mol. The maximum atomic E-state index is 11.5. The highest BCUT2D eigenvalue weighted by molar-refractivity contribution is 5.90. The highest BCUT2D eigenvalue weighted by Gasteiger charge is 2.11. The van der Waals surface area contributed by atoms with E-state index < -0.39 is 0 Å². The van der Waals surface area contributed by atoms with Crippen molar-refractivity contribution in [2.45, 2.75) is 19.9 Å². The molecule has 0 saturated carbocycles. The third kappa shape index (κ3) is 2.27. The van der Waals surface area contributed by atoms with Crippen LogP contribution in [0.4, 0.5) is 0 Å². The number of aromatic nitrogens is 2. The predicted octanol–water partition coefficient (Wildman–Crippen LogP) is 2.92. The zero-order valence-corrected chi connectivity index (χ0v) is 10.8. The number of carbonyl (C=O) groups is 1. The molecule has 4 heteroatoms. The molecule has 0 aliphatic heterocycles. The largest absolute Gasteiger partial charge is 0.465 e. The first-order chi connectivity index (χ1) is 8.63. The summed E-state index contributed by atoms with van der Waals surface area (Å²) in [6.45, 7) is 4.19. The van der Waals surface area contributed by atoms with Gasteiger partial charge in [0, 0.05) is 11.6 Å². The quantitative estimate of drug-likeness (QED) is 0.780. The van der Waals surface area contributed by atoms with Gasteiger partial charge in [-0.25, -0.2) is 9.78 Å². The summed E-state index contributed by atoms with van der Waals surface area (Å²) in [7, 11) is 1.38. The van der Waals surface area contributed by atoms with E-state index in [-0.39, 0.29) is 5.97 Å². The summed E-state index contributed by atoms with van der Waals surface area (Å²) < 4.78 is 6.79. The van der Waals surface area contributed by atoms with E-state index in [9.17, 15) is 4.79 Å². The highest BCUT2D eigenvalue weighted by atomic mass is 16.5. The van der Waals surface area contributed by atoms with Crippen molar-refractivity contribution in [1.82, 2.24) is 9.55 Å². The van der Waals surface area contributed by atoms with Crippen LogP contribution in [0.25, 0.3) is 11.3 Å². The lowest BCUT2D eigenvalue weighted by molar-refractivity contribution is 0.0601. The van der Waals surface area contributed by atoms with Crippen LogP contribution in [0, 0.1) is 0 Å². The van der Waals surface area contributed by atoms with Crippen LogP contribution in [0.5, 0.6) is 0 Å². The fourth-order valence-electron chi connectivity index (χ4n) is 1.86. The van der Waals surface area contributed by atoms with Crippen molar-refractivity contribution in [3.63, 3.8) is 0 Å². The second-order valence-corrected chi connectivity index (χ2v) is 4.35. The zero-order chi connectivity index (χ0) is 13.1. The van der Waals surface area contributed by atoms with Gasteiger partial charge in [0.05, 0.1) is 30.9 Å². The Hall–Kier alpha value is -2.10. The van der Waals surface area contributed by atoms with Gasteiger partial charge in [-0.2, -0.15) is 0 Å². The van der Waals surface area contributed by atoms with Crippen molar-refractivity contribution in [2.24, 2.45) is 0 Å². The third-order valence-corrected chi connectivity index (χ3v) is 2.80. The summed E-state index contributed by atoms with van der Waals surface area (Å²) in [4.78, 5) is 15.7. The van der Waals surface area contributed by atoms with E-state index >= 15 is 0 Å². The van der Waals surface area contributed by atoms with Gasteiger partial charge in [0.2, 0.25) is 0 Å². The molecular formula is C14H16N2O2. The van der Waals surface area contributed by atoms with Gasteiger partial charge in [-0.15, -0.1) is 0 Å². The molecule has 1 aromatic heterocycles. The van der Waals surface area contributed by atoms with Gasteiger partial charge < -0.3 is 9.30 Å². The molecule has 18 heavy (non-hydrogen) atoms. The maximum Gasteiger partial charge on any atom is 0.337 e. The summed E-state index contributed by atoms with van der Waals surface area (Å²) in [5.41, 5.74) is 2.51. The second kappa shape index (κ2) is 5.04. The van der Waals surface area contributed by atoms with Crippen LogP contribution in [0.2, 0.25) is 0 Å². The summed E-state index contributed by atoms with van der Waals surface area (Å²) in [6, 6.07) is 7.69. The maximum absolute atomic E-state index is 11.5. The average Bonchev–Trinajstić information content (AvgIpc) is 2.87. The summed E-state index contributed by atoms with van der Waals surface area (Å²) in [6.07, 6.45) is 3.60. The number of ether oxygens (including phenoxy) is 1. The van der Waals surface area contributed by atoms with Crippen LogP contribution in [0.3, 0.4) is 0 Å². The zero-order valence-electron chi connectivity index (χ0n) is 10.8. The highest BCUT2D eigenvalue weighted by Crippen LogP contribution is 2.23. The molecule has 0 amide bonds. The SMILES string of the molecule is COC(=O)c1cccc(-c2cncn2C(C)C)c1. The minimum atomic E-state index is -0.326. The van der Waals surface area contributed by atoms with Crippen LogP contribution in [0.15, 0.2) is 36.8 Å². The van der Waals surface area contributed by atoms with E-state index in [1.807, 2.05) is 18.2 Å². The van der Waals surface area contributed by atoms with Gasteiger partial charge in [0.25, 0.3) is 0 Å². The van der Waals surface area contributed by atoms with Crippen molar-refractivity contribution in [1.29, 1.82) is 0 Å². The Morgan fingerprint density at radius 2 is 2.17 bits per heavy atom. The number of hydrogen-bond acceptors (Lipinski definition) is 3. The Morgan fingerprint density at radius 1 is 1.39 bits per heavy atom. The topological polar surface area (TPSA) is 44.1 Å². The number of carbonyl (C=O) groups excluding carboxylic acids is 1. The molecule has 0 aliphatic carbocycles. The van der Waals surface area contributed by atoms with Gasteiger partial charge in [-0.3, -0.25) is 0 Å². The Balaban J connectivity index is 2.45. The van der Waals surface area contributed by atoms with Crippen molar-refractivity contribution in [3.05, 3.63) is 42.4 Å². The van der Waals surface area contributed by atoms with Gasteiger partial charge in [-0.05, 0) is 26.0 Å². The van der Waals surface area contributed by atoms with Crippen LogP contribution < -0.4 is 0 Å². The van der Waals surface area contributed by atoms with Crippen molar-refractivity contribution in [2.75, 3.05) is 7.11 Å². The minimum absolute atomic E-state index is 0.323. The van der Waals surface area contributed by atoms with Gasteiger partial charge in [0.15, 0.2) is 0 Å². The van der Waals surface area contributed by atoms with Crippen LogP contribution >= 0.6 is 0 Å². The molecule has 4 nitrogen and oxygen atoms in total. The summed E-state index contributed by atoms with van der Waals surface area (Å²) >= 11 is 0. The molecule has 2 rings (SSSR count). The average molecular weight is 244 g/mol. The number of imidazole rings is 1. The van der Waals surface area contributed by atoms with Crippen molar-refractivity contribution >= 4 is 5.97 Å². The lowest BCUT2D eigenvalue weighted by atomic mass is 10.1. The molecule has 0 fully saturated rings. The van der Waals surface area contributed by atoms with Gasteiger partial charge >= 0.3 is 5.97 Å².